The Morgan fingerprint density at radius 3 is 2.09 bits per heavy atom. The zero-order chi connectivity index (χ0) is 33.1. The number of aliphatic hydroxyl groups is 1. The largest absolute Gasteiger partial charge is 0.496 e. The molecule has 4 aromatic carbocycles. The van der Waals surface area contributed by atoms with Gasteiger partial charge in [-0.05, 0) is 109 Å². The van der Waals surface area contributed by atoms with Crippen LogP contribution in [0.4, 0.5) is 5.69 Å². The fraction of sp³-hybridized carbons (Fsp3) is 0.200. The summed E-state index contributed by atoms with van der Waals surface area (Å²) in [6.07, 6.45) is 9.12. The number of aryl methyl sites for hydroxylation is 1. The highest BCUT2D eigenvalue weighted by Crippen LogP contribution is 2.40. The number of fused-ring (bicyclic) bond motifs is 2. The quantitative estimate of drug-likeness (QED) is 0.0806. The molecule has 0 unspecified atom stereocenters. The van der Waals surface area contributed by atoms with Gasteiger partial charge in [-0.2, -0.15) is 0 Å². The minimum absolute atomic E-state index is 0.0809. The molecule has 0 bridgehead atoms. The van der Waals surface area contributed by atoms with Crippen LogP contribution in [0.5, 0.6) is 5.75 Å². The molecule has 5 rings (SSSR count). The van der Waals surface area contributed by atoms with Gasteiger partial charge in [-0.3, -0.25) is 9.59 Å². The minimum atomic E-state index is -0.269. The standard InChI is InChI=1S/C40H40N2O4/c1-23(30-8-6-9-31-29(22-43)18-20-35(42)40(30)31)12-14-27-15-16-28(39(27)38(25(3)44)26(4)45)17-19-34(41)32-10-7-11-33-36(46-5)21-13-24(2)37(32)33/h6-14,17-21,43H,15-16,22,41-42H2,1-5H3/b23-12-,27-14+,28-17+,34-19+. The molecule has 46 heavy (non-hydrogen) atoms. The number of allylic oxidation sites excluding steroid dienone is 9. The molecule has 5 N–H and O–H groups in total. The summed E-state index contributed by atoms with van der Waals surface area (Å²) in [5.41, 5.74) is 21.7. The van der Waals surface area contributed by atoms with Gasteiger partial charge >= 0.3 is 0 Å². The zero-order valence-electron chi connectivity index (χ0n) is 27.0. The second kappa shape index (κ2) is 13.4. The van der Waals surface area contributed by atoms with Crippen molar-refractivity contribution in [1.29, 1.82) is 0 Å². The van der Waals surface area contributed by atoms with E-state index in [1.54, 1.807) is 7.11 Å². The predicted molar refractivity (Wildman–Crippen MR) is 189 cm³/mol. The average Bonchev–Trinajstić information content (AvgIpc) is 3.43. The third-order valence-corrected chi connectivity index (χ3v) is 8.76. The van der Waals surface area contributed by atoms with Crippen molar-refractivity contribution in [2.75, 3.05) is 12.8 Å². The summed E-state index contributed by atoms with van der Waals surface area (Å²) in [5, 5.41) is 13.7. The van der Waals surface area contributed by atoms with Gasteiger partial charge in [0.25, 0.3) is 0 Å². The van der Waals surface area contributed by atoms with Crippen molar-refractivity contribution in [3.8, 4) is 5.75 Å². The molecule has 6 nitrogen and oxygen atoms in total. The second-order valence-electron chi connectivity index (χ2n) is 11.7. The molecule has 0 atom stereocenters. The number of anilines is 1. The van der Waals surface area contributed by atoms with Gasteiger partial charge < -0.3 is 21.3 Å². The number of ketones is 2. The lowest BCUT2D eigenvalue weighted by molar-refractivity contribution is -0.119. The van der Waals surface area contributed by atoms with E-state index in [4.69, 9.17) is 16.2 Å². The highest BCUT2D eigenvalue weighted by Gasteiger charge is 2.27. The molecule has 0 aliphatic heterocycles. The number of carbonyl (C=O) groups excluding carboxylic acids is 2. The van der Waals surface area contributed by atoms with Crippen LogP contribution in [-0.2, 0) is 16.2 Å². The number of methoxy groups -OCH3 is 1. The maximum Gasteiger partial charge on any atom is 0.163 e. The first-order valence-electron chi connectivity index (χ1n) is 15.4. The fourth-order valence-electron chi connectivity index (χ4n) is 6.51. The van der Waals surface area contributed by atoms with Gasteiger partial charge in [0.2, 0.25) is 0 Å². The molecule has 0 saturated heterocycles. The number of carbonyl (C=O) groups is 2. The number of benzene rings is 4. The Bertz CT molecular complexity index is 1910. The van der Waals surface area contributed by atoms with E-state index in [2.05, 4.69) is 0 Å². The molecule has 234 valence electrons. The van der Waals surface area contributed by atoms with Crippen molar-refractivity contribution in [1.82, 2.24) is 0 Å². The SMILES string of the molecule is COc1ccc(C)c2c(/C(N)=C\C=C3/CC/C(=C\C=C(\C)c4cccc5c(CO)ccc(N)c45)C3=C(C(C)=O)C(C)=O)cccc12. The molecule has 6 heteroatoms. The third-order valence-electron chi connectivity index (χ3n) is 8.76. The van der Waals surface area contributed by atoms with Crippen molar-refractivity contribution in [2.45, 2.75) is 47.1 Å². The monoisotopic (exact) mass is 612 g/mol. The van der Waals surface area contributed by atoms with E-state index in [0.717, 1.165) is 66.3 Å². The Morgan fingerprint density at radius 1 is 0.826 bits per heavy atom. The van der Waals surface area contributed by atoms with Gasteiger partial charge in [-0.15, -0.1) is 0 Å². The summed E-state index contributed by atoms with van der Waals surface area (Å²) in [7, 11) is 1.66. The van der Waals surface area contributed by atoms with E-state index in [9.17, 15) is 14.7 Å². The molecule has 1 saturated carbocycles. The maximum absolute atomic E-state index is 12.8. The van der Waals surface area contributed by atoms with Crippen molar-refractivity contribution < 1.29 is 19.4 Å². The molecule has 1 aliphatic rings. The Balaban J connectivity index is 1.60. The van der Waals surface area contributed by atoms with E-state index in [0.29, 0.717) is 29.8 Å². The first-order chi connectivity index (χ1) is 22.1. The van der Waals surface area contributed by atoms with E-state index in [-0.39, 0.29) is 23.7 Å². The minimum Gasteiger partial charge on any atom is -0.496 e. The van der Waals surface area contributed by atoms with Crippen LogP contribution in [0.15, 0.2) is 107 Å². The van der Waals surface area contributed by atoms with Crippen LogP contribution < -0.4 is 16.2 Å². The second-order valence-corrected chi connectivity index (χ2v) is 11.7. The topological polar surface area (TPSA) is 116 Å². The predicted octanol–water partition coefficient (Wildman–Crippen LogP) is 7.91. The number of hydrogen-bond donors (Lipinski definition) is 3. The molecule has 0 radical (unpaired) electrons. The van der Waals surface area contributed by atoms with Crippen LogP contribution in [-0.4, -0.2) is 23.8 Å². The number of Topliss-reactive ketones (excluding diaryl/α,β-unsaturated/α-hetero) is 2. The summed E-state index contributed by atoms with van der Waals surface area (Å²) < 4.78 is 5.59. The average molecular weight is 613 g/mol. The third kappa shape index (κ3) is 6.04. The Kier molecular flexibility index (Phi) is 9.40. The molecule has 0 heterocycles. The molecular weight excluding hydrogens is 572 g/mol. The first kappa shape index (κ1) is 32.2. The van der Waals surface area contributed by atoms with Crippen LogP contribution in [0, 0.1) is 6.92 Å². The lowest BCUT2D eigenvalue weighted by Crippen LogP contribution is -2.10. The number of nitrogen functional groups attached to an aromatic ring is 1. The zero-order valence-corrected chi connectivity index (χ0v) is 27.0. The molecule has 0 amide bonds. The van der Waals surface area contributed by atoms with Crippen molar-refractivity contribution in [2.24, 2.45) is 5.73 Å². The van der Waals surface area contributed by atoms with E-state index >= 15 is 0 Å². The summed E-state index contributed by atoms with van der Waals surface area (Å²) in [6.45, 7) is 6.85. The van der Waals surface area contributed by atoms with Crippen LogP contribution in [0.1, 0.15) is 55.9 Å². The van der Waals surface area contributed by atoms with Gasteiger partial charge in [0.1, 0.15) is 5.75 Å². The Hall–Kier alpha value is -5.20. The lowest BCUT2D eigenvalue weighted by Gasteiger charge is -2.13. The van der Waals surface area contributed by atoms with Crippen LogP contribution >= 0.6 is 0 Å². The van der Waals surface area contributed by atoms with E-state index in [1.165, 1.54) is 13.8 Å². The van der Waals surface area contributed by atoms with Crippen molar-refractivity contribution >= 4 is 50.1 Å². The highest BCUT2D eigenvalue weighted by atomic mass is 16.5. The van der Waals surface area contributed by atoms with Crippen molar-refractivity contribution in [3.63, 3.8) is 0 Å². The normalized spacial score (nSPS) is 15.7. The van der Waals surface area contributed by atoms with Gasteiger partial charge in [0.15, 0.2) is 11.6 Å². The molecular formula is C40H40N2O4. The van der Waals surface area contributed by atoms with Gasteiger partial charge in [0, 0.05) is 27.7 Å². The molecule has 0 spiro atoms. The Morgan fingerprint density at radius 2 is 1.46 bits per heavy atom. The number of hydrogen-bond acceptors (Lipinski definition) is 6. The van der Waals surface area contributed by atoms with Gasteiger partial charge in [-0.25, -0.2) is 0 Å². The summed E-state index contributed by atoms with van der Waals surface area (Å²) >= 11 is 0. The Labute approximate surface area is 270 Å². The summed E-state index contributed by atoms with van der Waals surface area (Å²) in [4.78, 5) is 25.7. The molecule has 1 aliphatic carbocycles. The number of nitrogens with two attached hydrogens (primary N) is 2. The first-order valence-corrected chi connectivity index (χ1v) is 15.4. The smallest absolute Gasteiger partial charge is 0.163 e. The number of rotatable bonds is 8. The van der Waals surface area contributed by atoms with Crippen LogP contribution in [0.3, 0.4) is 0 Å². The highest BCUT2D eigenvalue weighted by molar-refractivity contribution is 6.20. The van der Waals surface area contributed by atoms with Gasteiger partial charge in [0.05, 0.1) is 19.3 Å². The molecule has 0 aromatic heterocycles. The van der Waals surface area contributed by atoms with Crippen LogP contribution in [0.2, 0.25) is 0 Å². The van der Waals surface area contributed by atoms with Crippen LogP contribution in [0.25, 0.3) is 32.8 Å². The molecule has 1 fully saturated rings. The van der Waals surface area contributed by atoms with E-state index < -0.39 is 0 Å². The van der Waals surface area contributed by atoms with E-state index in [1.807, 2.05) is 98.8 Å². The number of ether oxygens (including phenoxy) is 1. The molecule has 4 aromatic rings. The van der Waals surface area contributed by atoms with Crippen molar-refractivity contribution in [3.05, 3.63) is 130 Å². The lowest BCUT2D eigenvalue weighted by atomic mass is 9.92. The van der Waals surface area contributed by atoms with Gasteiger partial charge in [-0.1, -0.05) is 66.8 Å². The summed E-state index contributed by atoms with van der Waals surface area (Å²) in [5.74, 6) is 0.239. The maximum atomic E-state index is 12.8. The number of aliphatic hydroxyl groups excluding tert-OH is 1. The summed E-state index contributed by atoms with van der Waals surface area (Å²) in [6, 6.07) is 19.5. The fourth-order valence-corrected chi connectivity index (χ4v) is 6.51.